The number of hydrogen-bond acceptors (Lipinski definition) is 0. The van der Waals surface area contributed by atoms with E-state index in [1.807, 2.05) is 0 Å². The van der Waals surface area contributed by atoms with Gasteiger partial charge in [0.2, 0.25) is 0 Å². The molecule has 0 heterocycles. The molecule has 3 heteroatoms. The van der Waals surface area contributed by atoms with E-state index in [-0.39, 0.29) is 5.92 Å². The predicted molar refractivity (Wildman–Crippen MR) is 61.7 cm³/mol. The molecule has 0 aliphatic carbocycles. The number of allylic oxidation sites excluding steroid dienone is 8. The van der Waals surface area contributed by atoms with Crippen molar-refractivity contribution in [3.63, 3.8) is 0 Å². The van der Waals surface area contributed by atoms with Gasteiger partial charge in [-0.25, -0.2) is 13.2 Å². The van der Waals surface area contributed by atoms with Crippen molar-refractivity contribution in [3.8, 4) is 0 Å². The summed E-state index contributed by atoms with van der Waals surface area (Å²) in [7, 11) is 0. The molecule has 0 radical (unpaired) electrons. The lowest BCUT2D eigenvalue weighted by atomic mass is 9.99. The third-order valence-corrected chi connectivity index (χ3v) is 1.78. The van der Waals surface area contributed by atoms with Crippen LogP contribution in [0.3, 0.4) is 0 Å². The summed E-state index contributed by atoms with van der Waals surface area (Å²) in [5, 5.41) is 0. The first-order valence-corrected chi connectivity index (χ1v) is 4.75. The van der Waals surface area contributed by atoms with Gasteiger partial charge in [-0.15, -0.1) is 0 Å². The van der Waals surface area contributed by atoms with Crippen molar-refractivity contribution in [1.82, 2.24) is 0 Å². The molecular weight excluding hydrogens is 213 g/mol. The molecule has 1 atom stereocenters. The van der Waals surface area contributed by atoms with Crippen LogP contribution in [0.5, 0.6) is 0 Å². The van der Waals surface area contributed by atoms with Crippen LogP contribution in [0, 0.1) is 5.92 Å². The molecule has 0 aromatic heterocycles. The van der Waals surface area contributed by atoms with Gasteiger partial charge < -0.3 is 0 Å². The molecule has 16 heavy (non-hydrogen) atoms. The van der Waals surface area contributed by atoms with Gasteiger partial charge in [0.05, 0.1) is 5.83 Å². The van der Waals surface area contributed by atoms with Crippen LogP contribution in [0.4, 0.5) is 13.2 Å². The van der Waals surface area contributed by atoms with Gasteiger partial charge in [0.15, 0.2) is 0 Å². The molecule has 88 valence electrons. The maximum Gasteiger partial charge on any atom is 0.116 e. The Morgan fingerprint density at radius 3 is 2.00 bits per heavy atom. The van der Waals surface area contributed by atoms with Crippen molar-refractivity contribution in [3.05, 3.63) is 60.5 Å². The first-order valence-electron chi connectivity index (χ1n) is 4.75. The molecule has 0 N–H and O–H groups in total. The van der Waals surface area contributed by atoms with Crippen LogP contribution in [0.2, 0.25) is 0 Å². The Labute approximate surface area is 94.2 Å². The van der Waals surface area contributed by atoms with Crippen LogP contribution >= 0.6 is 0 Å². The molecule has 0 aromatic rings. The Bertz CT molecular complexity index is 355. The Morgan fingerprint density at radius 2 is 1.62 bits per heavy atom. The first kappa shape index (κ1) is 14.5. The average molecular weight is 228 g/mol. The summed E-state index contributed by atoms with van der Waals surface area (Å²) in [6, 6.07) is 0. The summed E-state index contributed by atoms with van der Waals surface area (Å²) in [4.78, 5) is 0. The summed E-state index contributed by atoms with van der Waals surface area (Å²) in [5.74, 6) is -2.06. The number of hydrogen-bond donors (Lipinski definition) is 0. The lowest BCUT2D eigenvalue weighted by Crippen LogP contribution is -1.94. The van der Waals surface area contributed by atoms with Crippen molar-refractivity contribution in [2.45, 2.75) is 13.8 Å². The highest BCUT2D eigenvalue weighted by Gasteiger charge is 2.04. The van der Waals surface area contributed by atoms with E-state index in [0.717, 1.165) is 12.2 Å². The lowest BCUT2D eigenvalue weighted by Gasteiger charge is -2.07. The van der Waals surface area contributed by atoms with Crippen LogP contribution in [0.25, 0.3) is 0 Å². The van der Waals surface area contributed by atoms with Gasteiger partial charge in [0.1, 0.15) is 11.7 Å². The monoisotopic (exact) mass is 228 g/mol. The molecule has 0 rings (SSSR count). The lowest BCUT2D eigenvalue weighted by molar-refractivity contribution is 0.635. The fraction of sp³-hybridized carbons (Fsp3) is 0.231. The summed E-state index contributed by atoms with van der Waals surface area (Å²) in [5.41, 5.74) is 0.380. The molecule has 0 aliphatic rings. The van der Waals surface area contributed by atoms with Gasteiger partial charge in [-0.05, 0) is 36.6 Å². The summed E-state index contributed by atoms with van der Waals surface area (Å²) >= 11 is 0. The fourth-order valence-electron chi connectivity index (χ4n) is 1.07. The maximum atomic E-state index is 12.7. The standard InChI is InChI=1S/C13H15F3/c1-9(5-6-10(2)14)13(7-11(3)15)8-12(4)16/h5-9H,2-3H2,1,4H3/b6-5-,12-8?,13-7+. The molecule has 0 saturated heterocycles. The highest BCUT2D eigenvalue weighted by atomic mass is 19.1. The second kappa shape index (κ2) is 6.88. The third-order valence-electron chi connectivity index (χ3n) is 1.78. The molecule has 0 bridgehead atoms. The molecule has 0 amide bonds. The smallest absolute Gasteiger partial charge is 0.116 e. The predicted octanol–water partition coefficient (Wildman–Crippen LogP) is 4.94. The van der Waals surface area contributed by atoms with E-state index in [9.17, 15) is 13.2 Å². The quantitative estimate of drug-likeness (QED) is 0.584. The molecule has 1 unspecified atom stereocenters. The van der Waals surface area contributed by atoms with Gasteiger partial charge in [0, 0.05) is 0 Å². The van der Waals surface area contributed by atoms with Crippen LogP contribution in [-0.4, -0.2) is 0 Å². The molecule has 0 spiro atoms. The Morgan fingerprint density at radius 1 is 1.06 bits per heavy atom. The zero-order valence-corrected chi connectivity index (χ0v) is 9.43. The minimum Gasteiger partial charge on any atom is -0.212 e. The van der Waals surface area contributed by atoms with E-state index in [1.54, 1.807) is 6.92 Å². The van der Waals surface area contributed by atoms with Crippen molar-refractivity contribution < 1.29 is 13.2 Å². The van der Waals surface area contributed by atoms with Crippen molar-refractivity contribution in [2.75, 3.05) is 0 Å². The molecule has 0 aliphatic heterocycles. The van der Waals surface area contributed by atoms with Gasteiger partial charge in [0.25, 0.3) is 0 Å². The number of halogens is 3. The van der Waals surface area contributed by atoms with E-state index in [1.165, 1.54) is 19.1 Å². The summed E-state index contributed by atoms with van der Waals surface area (Å²) < 4.78 is 37.7. The first-order chi connectivity index (χ1) is 7.32. The highest BCUT2D eigenvalue weighted by Crippen LogP contribution is 2.19. The largest absolute Gasteiger partial charge is 0.212 e. The van der Waals surface area contributed by atoms with Crippen LogP contribution in [0.1, 0.15) is 13.8 Å². The van der Waals surface area contributed by atoms with Gasteiger partial charge in [-0.2, -0.15) is 0 Å². The van der Waals surface area contributed by atoms with Crippen LogP contribution in [0.15, 0.2) is 60.5 Å². The fourth-order valence-corrected chi connectivity index (χ4v) is 1.07. The maximum absolute atomic E-state index is 12.7. The molecule has 0 aromatic carbocycles. The number of rotatable bonds is 5. The van der Waals surface area contributed by atoms with Crippen LogP contribution in [-0.2, 0) is 0 Å². The Kier molecular flexibility index (Phi) is 6.23. The SMILES string of the molecule is C=C(F)/C=C\C(C)/C(C=C(C)F)=C/C(=C)F. The van der Waals surface area contributed by atoms with Gasteiger partial charge in [-0.3, -0.25) is 0 Å². The third kappa shape index (κ3) is 6.87. The van der Waals surface area contributed by atoms with E-state index in [4.69, 9.17) is 0 Å². The van der Waals surface area contributed by atoms with E-state index < -0.39 is 17.5 Å². The van der Waals surface area contributed by atoms with Crippen molar-refractivity contribution >= 4 is 0 Å². The van der Waals surface area contributed by atoms with Crippen molar-refractivity contribution in [2.24, 2.45) is 5.92 Å². The normalized spacial score (nSPS) is 15.3. The molecular formula is C13H15F3. The second-order valence-corrected chi connectivity index (χ2v) is 3.42. The van der Waals surface area contributed by atoms with E-state index >= 15 is 0 Å². The molecule has 0 saturated carbocycles. The van der Waals surface area contributed by atoms with Gasteiger partial charge >= 0.3 is 0 Å². The molecule has 0 nitrogen and oxygen atoms in total. The van der Waals surface area contributed by atoms with E-state index in [0.29, 0.717) is 5.57 Å². The van der Waals surface area contributed by atoms with Crippen molar-refractivity contribution in [1.29, 1.82) is 0 Å². The Balaban J connectivity index is 4.98. The summed E-state index contributed by atoms with van der Waals surface area (Å²) in [6.07, 6.45) is 4.91. The Hall–Kier alpha value is -1.51. The zero-order chi connectivity index (χ0) is 12.7. The minimum absolute atomic E-state index is 0.328. The van der Waals surface area contributed by atoms with E-state index in [2.05, 4.69) is 13.2 Å². The second-order valence-electron chi connectivity index (χ2n) is 3.42. The summed E-state index contributed by atoms with van der Waals surface area (Å²) in [6.45, 7) is 9.06. The molecule has 0 fully saturated rings. The van der Waals surface area contributed by atoms with Gasteiger partial charge in [-0.1, -0.05) is 26.2 Å². The zero-order valence-electron chi connectivity index (χ0n) is 9.43. The topological polar surface area (TPSA) is 0 Å². The van der Waals surface area contributed by atoms with Crippen LogP contribution < -0.4 is 0 Å². The highest BCUT2D eigenvalue weighted by molar-refractivity contribution is 5.31. The average Bonchev–Trinajstić information content (AvgIpc) is 2.11. The minimum atomic E-state index is -0.674.